The van der Waals surface area contributed by atoms with Gasteiger partial charge in [0.25, 0.3) is 5.91 Å². The first-order valence-electron chi connectivity index (χ1n) is 14.8. The number of rotatable bonds is 13. The van der Waals surface area contributed by atoms with Crippen molar-refractivity contribution in [2.75, 3.05) is 24.5 Å². The van der Waals surface area contributed by atoms with E-state index in [1.165, 1.54) is 26.6 Å². The third-order valence-electron chi connectivity index (χ3n) is 7.92. The lowest BCUT2D eigenvalue weighted by Crippen LogP contribution is -2.53. The predicted octanol–water partition coefficient (Wildman–Crippen LogP) is 4.15. The fraction of sp³-hybridized carbons (Fsp3) is 0.375. The third-order valence-corrected chi connectivity index (χ3v) is 10.5. The van der Waals surface area contributed by atoms with Crippen LogP contribution in [0.15, 0.2) is 77.3 Å². The summed E-state index contributed by atoms with van der Waals surface area (Å²) in [5.74, 6) is -0.204. The second kappa shape index (κ2) is 14.0. The number of hydrogen-bond acceptors (Lipinski definition) is 9. The summed E-state index contributed by atoms with van der Waals surface area (Å²) in [6.45, 7) is 5.68. The van der Waals surface area contributed by atoms with E-state index in [1.807, 2.05) is 51.1 Å². The van der Waals surface area contributed by atoms with E-state index < -0.39 is 40.3 Å². The van der Waals surface area contributed by atoms with E-state index in [2.05, 4.69) is 15.3 Å². The van der Waals surface area contributed by atoms with Gasteiger partial charge in [-0.3, -0.25) is 9.69 Å². The Hall–Kier alpha value is -3.91. The maximum atomic E-state index is 14.0. The maximum Gasteiger partial charge on any atom is 0.416 e. The number of nitrogens with one attached hydrogen (secondary N) is 1. The van der Waals surface area contributed by atoms with Gasteiger partial charge >= 0.3 is 6.09 Å². The fourth-order valence-corrected chi connectivity index (χ4v) is 7.51. The Bertz CT molecular complexity index is 1750. The third kappa shape index (κ3) is 7.67. The molecule has 5 rings (SSSR count). The summed E-state index contributed by atoms with van der Waals surface area (Å²) in [6.07, 6.45) is -0.590. The van der Waals surface area contributed by atoms with Gasteiger partial charge in [-0.1, -0.05) is 50.6 Å². The fourth-order valence-electron chi connectivity index (χ4n) is 5.11. The minimum atomic E-state index is -4.01. The van der Waals surface area contributed by atoms with Crippen molar-refractivity contribution in [2.24, 2.45) is 5.92 Å². The number of hydrogen-bond donors (Lipinski definition) is 2. The van der Waals surface area contributed by atoms with Crippen LogP contribution < -0.4 is 10.2 Å². The molecule has 0 aliphatic carbocycles. The monoisotopic (exact) mass is 651 g/mol. The number of aliphatic hydroxyl groups is 1. The highest BCUT2D eigenvalue weighted by molar-refractivity contribution is 7.89. The van der Waals surface area contributed by atoms with Crippen molar-refractivity contribution in [1.29, 1.82) is 0 Å². The molecule has 3 heterocycles. The summed E-state index contributed by atoms with van der Waals surface area (Å²) in [4.78, 5) is 36.0. The number of anilines is 1. The second-order valence-electron chi connectivity index (χ2n) is 11.4. The molecule has 2 aromatic carbocycles. The average Bonchev–Trinajstić information content (AvgIpc) is 3.67. The molecule has 0 saturated carbocycles. The van der Waals surface area contributed by atoms with Crippen LogP contribution >= 0.6 is 11.3 Å². The van der Waals surface area contributed by atoms with Crippen molar-refractivity contribution >= 4 is 49.4 Å². The Labute approximate surface area is 266 Å². The van der Waals surface area contributed by atoms with Crippen LogP contribution in [0.25, 0.3) is 10.2 Å². The number of carbonyl (C=O) groups is 2. The van der Waals surface area contributed by atoms with Gasteiger partial charge in [0.1, 0.15) is 5.82 Å². The van der Waals surface area contributed by atoms with Crippen LogP contribution in [0.5, 0.6) is 0 Å². The lowest BCUT2D eigenvalue weighted by atomic mass is 10.0. The van der Waals surface area contributed by atoms with Gasteiger partial charge in [0.05, 0.1) is 39.3 Å². The topological polar surface area (TPSA) is 142 Å². The van der Waals surface area contributed by atoms with E-state index in [0.717, 1.165) is 22.2 Å². The second-order valence-corrected chi connectivity index (χ2v) is 14.2. The van der Waals surface area contributed by atoms with Crippen LogP contribution in [-0.4, -0.2) is 77.7 Å². The summed E-state index contributed by atoms with van der Waals surface area (Å²) in [6, 6.07) is 16.7. The van der Waals surface area contributed by atoms with E-state index in [9.17, 15) is 23.1 Å². The lowest BCUT2D eigenvalue weighted by Gasteiger charge is -2.31. The summed E-state index contributed by atoms with van der Waals surface area (Å²) in [7, 11) is -4.01. The van der Waals surface area contributed by atoms with Crippen molar-refractivity contribution in [3.63, 3.8) is 0 Å². The molecule has 0 bridgehead atoms. The van der Waals surface area contributed by atoms with E-state index >= 15 is 0 Å². The summed E-state index contributed by atoms with van der Waals surface area (Å²) in [5, 5.41) is 14.5. The van der Waals surface area contributed by atoms with Crippen LogP contribution in [0, 0.1) is 12.8 Å². The van der Waals surface area contributed by atoms with Crippen LogP contribution in [-0.2, 0) is 26.0 Å². The largest absolute Gasteiger partial charge is 0.434 e. The van der Waals surface area contributed by atoms with E-state index in [0.29, 0.717) is 11.3 Å². The molecule has 4 aromatic rings. The molecule has 0 radical (unpaired) electrons. The molecule has 238 valence electrons. The van der Waals surface area contributed by atoms with Crippen LogP contribution in [0.1, 0.15) is 31.4 Å². The van der Waals surface area contributed by atoms with Gasteiger partial charge in [-0.25, -0.2) is 23.2 Å². The number of nitrogens with zero attached hydrogens (tertiary/aromatic N) is 4. The van der Waals surface area contributed by atoms with Gasteiger partial charge in [-0.05, 0) is 60.7 Å². The van der Waals surface area contributed by atoms with Gasteiger partial charge < -0.3 is 15.2 Å². The Balaban J connectivity index is 1.38. The highest BCUT2D eigenvalue weighted by Crippen LogP contribution is 2.26. The van der Waals surface area contributed by atoms with Crippen molar-refractivity contribution in [3.8, 4) is 0 Å². The van der Waals surface area contributed by atoms with Crippen LogP contribution in [0.3, 0.4) is 0 Å². The molecule has 1 aliphatic heterocycles. The van der Waals surface area contributed by atoms with Gasteiger partial charge in [0, 0.05) is 19.3 Å². The molecule has 2 N–H and O–H groups in total. The molecule has 1 fully saturated rings. The molecule has 1 unspecified atom stereocenters. The number of cyclic esters (lactones) is 1. The number of ether oxygens (including phenoxy) is 1. The molecule has 1 saturated heterocycles. The SMILES string of the molecule is CC[C@@H](C)CN(C[C@@H](O)[C@H](Cc1ccccc1)NC(=O)C1CN(c2cc(C)ccn2)C(=O)O1)S(=O)(=O)c1ccc2ncsc2c1. The first-order valence-corrected chi connectivity index (χ1v) is 17.1. The smallest absolute Gasteiger partial charge is 0.416 e. The van der Waals surface area contributed by atoms with Crippen molar-refractivity contribution in [3.05, 3.63) is 83.5 Å². The Kier molecular flexibility index (Phi) is 10.1. The zero-order valence-electron chi connectivity index (χ0n) is 25.4. The van der Waals surface area contributed by atoms with Gasteiger partial charge in [0.15, 0.2) is 6.10 Å². The molecule has 1 aliphatic rings. The van der Waals surface area contributed by atoms with E-state index in [1.54, 1.807) is 36.0 Å². The molecular weight excluding hydrogens is 615 g/mol. The number of aryl methyl sites for hydroxylation is 1. The molecule has 13 heteroatoms. The quantitative estimate of drug-likeness (QED) is 0.220. The lowest BCUT2D eigenvalue weighted by molar-refractivity contribution is -0.129. The number of fused-ring (bicyclic) bond motifs is 1. The first kappa shape index (κ1) is 32.5. The van der Waals surface area contributed by atoms with Crippen molar-refractivity contribution in [2.45, 2.75) is 56.8 Å². The predicted molar refractivity (Wildman–Crippen MR) is 173 cm³/mol. The minimum absolute atomic E-state index is 0.0143. The molecule has 4 atom stereocenters. The van der Waals surface area contributed by atoms with Gasteiger partial charge in [-0.2, -0.15) is 4.31 Å². The number of aromatic nitrogens is 2. The number of amides is 2. The Morgan fingerprint density at radius 3 is 2.67 bits per heavy atom. The Morgan fingerprint density at radius 1 is 1.16 bits per heavy atom. The molecular formula is C32H37N5O6S2. The van der Waals surface area contributed by atoms with Crippen molar-refractivity contribution in [1.82, 2.24) is 19.6 Å². The molecule has 2 aromatic heterocycles. The number of pyridine rings is 1. The number of benzene rings is 2. The summed E-state index contributed by atoms with van der Waals surface area (Å²) >= 11 is 1.35. The highest BCUT2D eigenvalue weighted by Gasteiger charge is 2.39. The average molecular weight is 652 g/mol. The maximum absolute atomic E-state index is 14.0. The highest BCUT2D eigenvalue weighted by atomic mass is 32.2. The van der Waals surface area contributed by atoms with Gasteiger partial charge in [0.2, 0.25) is 10.0 Å². The standard InChI is InChI=1S/C32H37N5O6S2/c1-4-21(2)17-36(45(41,42)24-10-11-25-29(16-24)44-20-34-25)18-27(38)26(15-23-8-6-5-7-9-23)35-31(39)28-19-37(32(40)43-28)30-14-22(3)12-13-33-30/h5-14,16,20-21,26-28,38H,4,15,17-19H2,1-3H3,(H,35,39)/t21-,26+,27-,28?/m1/s1. The summed E-state index contributed by atoms with van der Waals surface area (Å²) < 4.78 is 35.4. The Morgan fingerprint density at radius 2 is 1.93 bits per heavy atom. The van der Waals surface area contributed by atoms with E-state index in [-0.39, 0.29) is 36.9 Å². The number of aliphatic hydroxyl groups excluding tert-OH is 1. The normalized spacial score (nSPS) is 17.3. The molecule has 2 amide bonds. The first-order chi connectivity index (χ1) is 21.5. The zero-order valence-corrected chi connectivity index (χ0v) is 27.0. The minimum Gasteiger partial charge on any atom is -0.434 e. The molecule has 45 heavy (non-hydrogen) atoms. The van der Waals surface area contributed by atoms with Crippen LogP contribution in [0.2, 0.25) is 0 Å². The summed E-state index contributed by atoms with van der Waals surface area (Å²) in [5.41, 5.74) is 4.11. The van der Waals surface area contributed by atoms with Crippen LogP contribution in [0.4, 0.5) is 10.6 Å². The number of carbonyl (C=O) groups excluding carboxylic acids is 2. The van der Waals surface area contributed by atoms with Gasteiger partial charge in [-0.15, -0.1) is 11.3 Å². The molecule has 0 spiro atoms. The molecule has 11 nitrogen and oxygen atoms in total. The van der Waals surface area contributed by atoms with E-state index in [4.69, 9.17) is 4.74 Å². The van der Waals surface area contributed by atoms with Crippen molar-refractivity contribution < 1.29 is 27.9 Å². The zero-order chi connectivity index (χ0) is 32.1. The number of sulfonamides is 1. The number of thiazole rings is 1.